The van der Waals surface area contributed by atoms with E-state index in [1.165, 1.54) is 11.0 Å². The van der Waals surface area contributed by atoms with Gasteiger partial charge in [0.15, 0.2) is 0 Å². The first-order valence-corrected chi connectivity index (χ1v) is 6.36. The van der Waals surface area contributed by atoms with Gasteiger partial charge in [-0.15, -0.1) is 0 Å². The summed E-state index contributed by atoms with van der Waals surface area (Å²) in [6, 6.07) is -0.235. The highest BCUT2D eigenvalue weighted by Gasteiger charge is 2.27. The molecule has 108 valence electrons. The van der Waals surface area contributed by atoms with Crippen LogP contribution in [0.1, 0.15) is 37.8 Å². The lowest BCUT2D eigenvalue weighted by Gasteiger charge is -2.11. The van der Waals surface area contributed by atoms with Crippen molar-refractivity contribution < 1.29 is 4.92 Å². The average molecular weight is 279 g/mol. The van der Waals surface area contributed by atoms with Gasteiger partial charge in [0.05, 0.1) is 11.0 Å². The lowest BCUT2D eigenvalue weighted by Crippen LogP contribution is -2.12. The number of aryl methyl sites for hydroxylation is 2. The number of anilines is 1. The monoisotopic (exact) mass is 279 g/mol. The molecule has 0 bridgehead atoms. The standard InChI is InChI=1S/C11H17N7O2/c1-4-5-8-9(18(19)20)11(17(3)16-8)14-7(2)10-12-6-13-15-10/h6-7,14H,4-5H2,1-3H3,(H,12,13,15). The van der Waals surface area contributed by atoms with Crippen LogP contribution in [0.4, 0.5) is 11.5 Å². The molecule has 0 aliphatic carbocycles. The van der Waals surface area contributed by atoms with E-state index < -0.39 is 4.92 Å². The number of rotatable bonds is 6. The van der Waals surface area contributed by atoms with E-state index in [-0.39, 0.29) is 11.7 Å². The van der Waals surface area contributed by atoms with Crippen molar-refractivity contribution >= 4 is 11.5 Å². The molecule has 0 radical (unpaired) electrons. The van der Waals surface area contributed by atoms with E-state index in [1.54, 1.807) is 7.05 Å². The maximum absolute atomic E-state index is 11.3. The summed E-state index contributed by atoms with van der Waals surface area (Å²) >= 11 is 0. The highest BCUT2D eigenvalue weighted by Crippen LogP contribution is 2.31. The van der Waals surface area contributed by atoms with E-state index >= 15 is 0 Å². The number of H-pyrrole nitrogens is 1. The Bertz CT molecular complexity index is 590. The Morgan fingerprint density at radius 3 is 2.90 bits per heavy atom. The molecule has 1 unspecified atom stereocenters. The summed E-state index contributed by atoms with van der Waals surface area (Å²) in [4.78, 5) is 14.9. The third-order valence-electron chi connectivity index (χ3n) is 2.96. The van der Waals surface area contributed by atoms with Gasteiger partial charge in [0.1, 0.15) is 17.8 Å². The summed E-state index contributed by atoms with van der Waals surface area (Å²) in [6.45, 7) is 3.80. The van der Waals surface area contributed by atoms with Crippen molar-refractivity contribution in [1.29, 1.82) is 0 Å². The molecule has 0 spiro atoms. The summed E-state index contributed by atoms with van der Waals surface area (Å²) in [6.07, 6.45) is 2.77. The normalized spacial score (nSPS) is 12.3. The van der Waals surface area contributed by atoms with Gasteiger partial charge in [-0.05, 0) is 13.3 Å². The molecule has 0 saturated heterocycles. The zero-order chi connectivity index (χ0) is 14.7. The van der Waals surface area contributed by atoms with Crippen LogP contribution in [0, 0.1) is 10.1 Å². The van der Waals surface area contributed by atoms with Crippen molar-refractivity contribution in [3.05, 3.63) is 28.0 Å². The minimum atomic E-state index is -0.395. The fourth-order valence-corrected chi connectivity index (χ4v) is 2.02. The van der Waals surface area contributed by atoms with Gasteiger partial charge < -0.3 is 5.32 Å². The van der Waals surface area contributed by atoms with Gasteiger partial charge in [-0.25, -0.2) is 9.67 Å². The Kier molecular flexibility index (Phi) is 3.97. The number of nitrogens with zero attached hydrogens (tertiary/aromatic N) is 5. The Labute approximate surface area is 115 Å². The van der Waals surface area contributed by atoms with Crippen molar-refractivity contribution in [3.8, 4) is 0 Å². The molecule has 2 aromatic rings. The smallest absolute Gasteiger partial charge is 0.334 e. The van der Waals surface area contributed by atoms with Gasteiger partial charge in [0.2, 0.25) is 5.82 Å². The van der Waals surface area contributed by atoms with E-state index in [9.17, 15) is 10.1 Å². The van der Waals surface area contributed by atoms with Crippen LogP contribution in [-0.2, 0) is 13.5 Å². The predicted octanol–water partition coefficient (Wildman–Crippen LogP) is 1.57. The van der Waals surface area contributed by atoms with Gasteiger partial charge in [-0.2, -0.15) is 10.2 Å². The SMILES string of the molecule is CCCc1nn(C)c(NC(C)c2ncn[nH]2)c1[N+](=O)[O-]. The zero-order valence-corrected chi connectivity index (χ0v) is 11.6. The largest absolute Gasteiger partial charge is 0.355 e. The van der Waals surface area contributed by atoms with E-state index in [2.05, 4.69) is 25.6 Å². The van der Waals surface area contributed by atoms with Crippen molar-refractivity contribution in [2.45, 2.75) is 32.7 Å². The second-order valence-corrected chi connectivity index (χ2v) is 4.51. The van der Waals surface area contributed by atoms with Crippen LogP contribution in [0.15, 0.2) is 6.33 Å². The quantitative estimate of drug-likeness (QED) is 0.612. The molecule has 9 nitrogen and oxygen atoms in total. The van der Waals surface area contributed by atoms with Crippen LogP contribution in [-0.4, -0.2) is 29.9 Å². The van der Waals surface area contributed by atoms with Crippen LogP contribution in [0.3, 0.4) is 0 Å². The number of aromatic nitrogens is 5. The Balaban J connectivity index is 2.33. The van der Waals surface area contributed by atoms with Crippen LogP contribution in [0.5, 0.6) is 0 Å². The molecule has 2 heterocycles. The third-order valence-corrected chi connectivity index (χ3v) is 2.96. The average Bonchev–Trinajstić information content (AvgIpc) is 2.99. The molecule has 0 aromatic carbocycles. The van der Waals surface area contributed by atoms with Crippen LogP contribution in [0.2, 0.25) is 0 Å². The first-order chi connectivity index (χ1) is 9.54. The van der Waals surface area contributed by atoms with Crippen molar-refractivity contribution in [3.63, 3.8) is 0 Å². The maximum atomic E-state index is 11.3. The second kappa shape index (κ2) is 5.68. The first kappa shape index (κ1) is 14.0. The molecule has 9 heteroatoms. The van der Waals surface area contributed by atoms with Crippen molar-refractivity contribution in [2.24, 2.45) is 7.05 Å². The summed E-state index contributed by atoms with van der Waals surface area (Å²) in [7, 11) is 1.68. The fourth-order valence-electron chi connectivity index (χ4n) is 2.02. The topological polar surface area (TPSA) is 115 Å². The van der Waals surface area contributed by atoms with Gasteiger partial charge in [-0.3, -0.25) is 15.2 Å². The molecule has 0 saturated carbocycles. The highest BCUT2D eigenvalue weighted by atomic mass is 16.6. The minimum Gasteiger partial charge on any atom is -0.355 e. The summed E-state index contributed by atoms with van der Waals surface area (Å²) in [5.74, 6) is 0.986. The predicted molar refractivity (Wildman–Crippen MR) is 72.3 cm³/mol. The molecule has 0 aliphatic rings. The van der Waals surface area contributed by atoms with Gasteiger partial charge in [0, 0.05) is 7.05 Å². The van der Waals surface area contributed by atoms with E-state index in [0.717, 1.165) is 6.42 Å². The van der Waals surface area contributed by atoms with E-state index in [1.807, 2.05) is 13.8 Å². The Hall–Kier alpha value is -2.45. The molecule has 1 atom stereocenters. The first-order valence-electron chi connectivity index (χ1n) is 6.36. The summed E-state index contributed by atoms with van der Waals surface area (Å²) in [5, 5.41) is 25.1. The molecule has 2 N–H and O–H groups in total. The van der Waals surface area contributed by atoms with E-state index in [0.29, 0.717) is 23.8 Å². The molecule has 20 heavy (non-hydrogen) atoms. The molecular weight excluding hydrogens is 262 g/mol. The second-order valence-electron chi connectivity index (χ2n) is 4.51. The number of nitro groups is 1. The van der Waals surface area contributed by atoms with Gasteiger partial charge in [-0.1, -0.05) is 13.3 Å². The van der Waals surface area contributed by atoms with E-state index in [4.69, 9.17) is 0 Å². The zero-order valence-electron chi connectivity index (χ0n) is 11.6. The number of nitrogens with one attached hydrogen (secondary N) is 2. The Morgan fingerprint density at radius 2 is 2.35 bits per heavy atom. The minimum absolute atomic E-state index is 0.0284. The fraction of sp³-hybridized carbons (Fsp3) is 0.545. The van der Waals surface area contributed by atoms with Crippen LogP contribution in [0.25, 0.3) is 0 Å². The van der Waals surface area contributed by atoms with Gasteiger partial charge in [0.25, 0.3) is 0 Å². The molecule has 2 aromatic heterocycles. The van der Waals surface area contributed by atoms with Crippen LogP contribution < -0.4 is 5.32 Å². The van der Waals surface area contributed by atoms with Crippen molar-refractivity contribution in [2.75, 3.05) is 5.32 Å². The summed E-state index contributed by atoms with van der Waals surface area (Å²) < 4.78 is 1.50. The molecule has 2 rings (SSSR count). The Morgan fingerprint density at radius 1 is 1.60 bits per heavy atom. The third kappa shape index (κ3) is 2.60. The number of hydrogen-bond donors (Lipinski definition) is 2. The van der Waals surface area contributed by atoms with Crippen LogP contribution >= 0.6 is 0 Å². The highest BCUT2D eigenvalue weighted by molar-refractivity contribution is 5.60. The molecule has 0 fully saturated rings. The summed E-state index contributed by atoms with van der Waals surface area (Å²) in [5.41, 5.74) is 0.521. The maximum Gasteiger partial charge on any atom is 0.334 e. The number of aromatic amines is 1. The lowest BCUT2D eigenvalue weighted by molar-refractivity contribution is -0.384. The number of hydrogen-bond acceptors (Lipinski definition) is 6. The molecular formula is C11H17N7O2. The van der Waals surface area contributed by atoms with Crippen molar-refractivity contribution in [1.82, 2.24) is 25.0 Å². The lowest BCUT2D eigenvalue weighted by atomic mass is 10.2. The molecule has 0 amide bonds. The van der Waals surface area contributed by atoms with Gasteiger partial charge >= 0.3 is 5.69 Å². The molecule has 0 aliphatic heterocycles.